The minimum absolute atomic E-state index is 0.0565. The van der Waals surface area contributed by atoms with Crippen LogP contribution in [0, 0.1) is 0 Å². The van der Waals surface area contributed by atoms with E-state index in [4.69, 9.17) is 16.3 Å². The second kappa shape index (κ2) is 9.18. The molecule has 0 fully saturated rings. The number of para-hydroxylation sites is 1. The number of rotatable bonds is 8. The summed E-state index contributed by atoms with van der Waals surface area (Å²) in [7, 11) is 1.78. The van der Waals surface area contributed by atoms with Crippen LogP contribution in [0.5, 0.6) is 11.5 Å². The summed E-state index contributed by atoms with van der Waals surface area (Å²) in [5.41, 5.74) is 0.795. The number of nitrogens with zero attached hydrogens (tertiary/aromatic N) is 1. The highest BCUT2D eigenvalue weighted by molar-refractivity contribution is 6.30. The summed E-state index contributed by atoms with van der Waals surface area (Å²) in [6.45, 7) is 1.15. The van der Waals surface area contributed by atoms with Crippen LogP contribution in [0.2, 0.25) is 5.02 Å². The van der Waals surface area contributed by atoms with Gasteiger partial charge in [0.25, 0.3) is 0 Å². The fourth-order valence-corrected chi connectivity index (χ4v) is 2.51. The molecular formula is C19H22ClNO3. The zero-order valence-electron chi connectivity index (χ0n) is 13.7. The van der Waals surface area contributed by atoms with Gasteiger partial charge in [-0.15, -0.1) is 0 Å². The maximum absolute atomic E-state index is 12.1. The molecule has 0 spiro atoms. The van der Waals surface area contributed by atoms with Crippen molar-refractivity contribution in [3.63, 3.8) is 0 Å². The molecule has 0 saturated heterocycles. The molecule has 128 valence electrons. The molecule has 0 aliphatic rings. The Morgan fingerprint density at radius 1 is 1.21 bits per heavy atom. The van der Waals surface area contributed by atoms with Gasteiger partial charge in [-0.1, -0.05) is 35.9 Å². The molecule has 2 aromatic rings. The predicted octanol–water partition coefficient (Wildman–Crippen LogP) is 3.91. The van der Waals surface area contributed by atoms with Gasteiger partial charge in [-0.3, -0.25) is 4.79 Å². The molecule has 0 aromatic heterocycles. The average molecular weight is 348 g/mol. The van der Waals surface area contributed by atoms with Crippen LogP contribution in [-0.4, -0.2) is 36.1 Å². The van der Waals surface area contributed by atoms with Crippen molar-refractivity contribution in [3.8, 4) is 11.5 Å². The Hall–Kier alpha value is -2.20. The van der Waals surface area contributed by atoms with Gasteiger partial charge in [-0.05, 0) is 42.7 Å². The third-order valence-corrected chi connectivity index (χ3v) is 3.96. The van der Waals surface area contributed by atoms with Crippen LogP contribution in [0.25, 0.3) is 0 Å². The second-order valence-electron chi connectivity index (χ2n) is 5.60. The highest BCUT2D eigenvalue weighted by Crippen LogP contribution is 2.18. The van der Waals surface area contributed by atoms with E-state index in [2.05, 4.69) is 0 Å². The smallest absolute Gasteiger partial charge is 0.222 e. The fourth-order valence-electron chi connectivity index (χ4n) is 2.33. The van der Waals surface area contributed by atoms with Crippen molar-refractivity contribution < 1.29 is 14.6 Å². The maximum atomic E-state index is 12.1. The van der Waals surface area contributed by atoms with Gasteiger partial charge in [-0.2, -0.15) is 0 Å². The average Bonchev–Trinajstić information content (AvgIpc) is 2.57. The number of ether oxygens (including phenoxy) is 1. The SMILES string of the molecule is CN(CCCOc1cccc(Cl)c1)C(=O)CCc1ccccc1O. The van der Waals surface area contributed by atoms with Gasteiger partial charge < -0.3 is 14.7 Å². The Labute approximate surface area is 147 Å². The van der Waals surface area contributed by atoms with Gasteiger partial charge in [0.15, 0.2) is 0 Å². The quantitative estimate of drug-likeness (QED) is 0.737. The number of hydrogen-bond donors (Lipinski definition) is 1. The van der Waals surface area contributed by atoms with E-state index in [1.807, 2.05) is 24.3 Å². The Kier molecular flexibility index (Phi) is 6.94. The van der Waals surface area contributed by atoms with E-state index in [1.165, 1.54) is 0 Å². The number of aromatic hydroxyl groups is 1. The van der Waals surface area contributed by atoms with Crippen molar-refractivity contribution >= 4 is 17.5 Å². The van der Waals surface area contributed by atoms with E-state index in [9.17, 15) is 9.90 Å². The standard InChI is InChI=1S/C19H22ClNO3/c1-21(12-5-13-24-17-8-4-7-16(20)14-17)19(23)11-10-15-6-2-3-9-18(15)22/h2-4,6-9,14,22H,5,10-13H2,1H3. The molecule has 0 atom stereocenters. The van der Waals surface area contributed by atoms with Crippen molar-refractivity contribution in [2.45, 2.75) is 19.3 Å². The van der Waals surface area contributed by atoms with E-state index in [0.29, 0.717) is 31.0 Å². The molecular weight excluding hydrogens is 326 g/mol. The van der Waals surface area contributed by atoms with Gasteiger partial charge in [-0.25, -0.2) is 0 Å². The van der Waals surface area contributed by atoms with E-state index in [1.54, 1.807) is 36.2 Å². The molecule has 0 aliphatic carbocycles. The van der Waals surface area contributed by atoms with E-state index in [-0.39, 0.29) is 11.7 Å². The van der Waals surface area contributed by atoms with Crippen LogP contribution in [0.1, 0.15) is 18.4 Å². The molecule has 0 bridgehead atoms. The number of benzene rings is 2. The van der Waals surface area contributed by atoms with Crippen LogP contribution in [0.4, 0.5) is 0 Å². The van der Waals surface area contributed by atoms with E-state index in [0.717, 1.165) is 17.7 Å². The van der Waals surface area contributed by atoms with Crippen molar-refractivity contribution in [2.75, 3.05) is 20.2 Å². The summed E-state index contributed by atoms with van der Waals surface area (Å²) in [6, 6.07) is 14.4. The lowest BCUT2D eigenvalue weighted by atomic mass is 10.1. The molecule has 4 nitrogen and oxygen atoms in total. The summed E-state index contributed by atoms with van der Waals surface area (Å²) in [5.74, 6) is 1.03. The molecule has 0 unspecified atom stereocenters. The summed E-state index contributed by atoms with van der Waals surface area (Å²) in [6.07, 6.45) is 1.66. The Morgan fingerprint density at radius 3 is 2.75 bits per heavy atom. The van der Waals surface area contributed by atoms with Gasteiger partial charge in [0, 0.05) is 25.0 Å². The number of carbonyl (C=O) groups excluding carboxylic acids is 1. The molecule has 24 heavy (non-hydrogen) atoms. The Bertz CT molecular complexity index is 675. The Morgan fingerprint density at radius 2 is 2.00 bits per heavy atom. The molecule has 1 N–H and O–H groups in total. The number of aryl methyl sites for hydroxylation is 1. The predicted molar refractivity (Wildman–Crippen MR) is 95.6 cm³/mol. The van der Waals surface area contributed by atoms with Crippen LogP contribution >= 0.6 is 11.6 Å². The highest BCUT2D eigenvalue weighted by atomic mass is 35.5. The van der Waals surface area contributed by atoms with Crippen molar-refractivity contribution in [3.05, 3.63) is 59.1 Å². The lowest BCUT2D eigenvalue weighted by Crippen LogP contribution is -2.28. The second-order valence-corrected chi connectivity index (χ2v) is 6.04. The first-order valence-electron chi connectivity index (χ1n) is 7.95. The number of hydrogen-bond acceptors (Lipinski definition) is 3. The van der Waals surface area contributed by atoms with E-state index < -0.39 is 0 Å². The minimum Gasteiger partial charge on any atom is -0.508 e. The van der Waals surface area contributed by atoms with E-state index >= 15 is 0 Å². The van der Waals surface area contributed by atoms with Crippen LogP contribution in [0.3, 0.4) is 0 Å². The van der Waals surface area contributed by atoms with Crippen LogP contribution in [-0.2, 0) is 11.2 Å². The summed E-state index contributed by atoms with van der Waals surface area (Å²) in [4.78, 5) is 13.8. The molecule has 0 saturated carbocycles. The number of amides is 1. The molecule has 0 radical (unpaired) electrons. The molecule has 0 aliphatic heterocycles. The topological polar surface area (TPSA) is 49.8 Å². The fraction of sp³-hybridized carbons (Fsp3) is 0.316. The summed E-state index contributed by atoms with van der Waals surface area (Å²) in [5, 5.41) is 10.4. The molecule has 1 amide bonds. The third kappa shape index (κ3) is 5.78. The molecule has 5 heteroatoms. The van der Waals surface area contributed by atoms with Gasteiger partial charge in [0.2, 0.25) is 5.91 Å². The van der Waals surface area contributed by atoms with Crippen molar-refractivity contribution in [1.29, 1.82) is 0 Å². The monoisotopic (exact) mass is 347 g/mol. The first kappa shape index (κ1) is 18.1. The van der Waals surface area contributed by atoms with Crippen LogP contribution < -0.4 is 4.74 Å². The molecule has 0 heterocycles. The lowest BCUT2D eigenvalue weighted by Gasteiger charge is -2.17. The largest absolute Gasteiger partial charge is 0.508 e. The van der Waals surface area contributed by atoms with Crippen LogP contribution in [0.15, 0.2) is 48.5 Å². The molecule has 2 rings (SSSR count). The first-order chi connectivity index (χ1) is 11.6. The minimum atomic E-state index is 0.0565. The van der Waals surface area contributed by atoms with Gasteiger partial charge in [0.05, 0.1) is 6.61 Å². The third-order valence-electron chi connectivity index (χ3n) is 3.73. The number of carbonyl (C=O) groups is 1. The lowest BCUT2D eigenvalue weighted by molar-refractivity contribution is -0.129. The van der Waals surface area contributed by atoms with Crippen molar-refractivity contribution in [1.82, 2.24) is 4.90 Å². The zero-order chi connectivity index (χ0) is 17.4. The first-order valence-corrected chi connectivity index (χ1v) is 8.33. The number of phenols is 1. The summed E-state index contributed by atoms with van der Waals surface area (Å²) < 4.78 is 5.61. The number of halogens is 1. The molecule has 2 aromatic carbocycles. The van der Waals surface area contributed by atoms with Gasteiger partial charge in [0.1, 0.15) is 11.5 Å². The maximum Gasteiger partial charge on any atom is 0.222 e. The zero-order valence-corrected chi connectivity index (χ0v) is 14.5. The van der Waals surface area contributed by atoms with Gasteiger partial charge >= 0.3 is 0 Å². The number of phenolic OH excluding ortho intramolecular Hbond substituents is 1. The highest BCUT2D eigenvalue weighted by Gasteiger charge is 2.10. The Balaban J connectivity index is 1.67. The summed E-state index contributed by atoms with van der Waals surface area (Å²) >= 11 is 5.90. The van der Waals surface area contributed by atoms with Crippen molar-refractivity contribution in [2.24, 2.45) is 0 Å². The normalized spacial score (nSPS) is 10.4.